The molecule has 0 unspecified atom stereocenters. The highest BCUT2D eigenvalue weighted by molar-refractivity contribution is 5.81. The van der Waals surface area contributed by atoms with Gasteiger partial charge in [0.1, 0.15) is 0 Å². The lowest BCUT2D eigenvalue weighted by Gasteiger charge is -2.25. The Morgan fingerprint density at radius 1 is 1.17 bits per heavy atom. The first-order valence-electron chi connectivity index (χ1n) is 12.3. The van der Waals surface area contributed by atoms with E-state index >= 15 is 0 Å². The number of rotatable bonds is 8. The Morgan fingerprint density at radius 3 is 2.69 bits per heavy atom. The van der Waals surface area contributed by atoms with E-state index in [4.69, 9.17) is 9.84 Å². The van der Waals surface area contributed by atoms with Crippen molar-refractivity contribution < 1.29 is 9.84 Å². The van der Waals surface area contributed by atoms with Crippen LogP contribution in [0.5, 0.6) is 0 Å². The molecule has 35 heavy (non-hydrogen) atoms. The second-order valence-corrected chi connectivity index (χ2v) is 9.70. The van der Waals surface area contributed by atoms with Gasteiger partial charge in [0.25, 0.3) is 0 Å². The van der Waals surface area contributed by atoms with Gasteiger partial charge in [-0.3, -0.25) is 9.36 Å². The molecule has 0 aliphatic heterocycles. The van der Waals surface area contributed by atoms with Gasteiger partial charge in [-0.15, -0.1) is 5.10 Å². The van der Waals surface area contributed by atoms with E-state index in [0.29, 0.717) is 25.0 Å². The quantitative estimate of drug-likeness (QED) is 0.401. The third-order valence-electron chi connectivity index (χ3n) is 6.82. The van der Waals surface area contributed by atoms with Crippen LogP contribution in [-0.2, 0) is 18.3 Å². The van der Waals surface area contributed by atoms with Crippen LogP contribution in [0.15, 0.2) is 30.7 Å². The molecule has 0 aromatic carbocycles. The van der Waals surface area contributed by atoms with Crippen LogP contribution in [0.1, 0.15) is 55.6 Å². The molecule has 1 aliphatic carbocycles. The average Bonchev–Trinajstić information content (AvgIpc) is 3.52. The summed E-state index contributed by atoms with van der Waals surface area (Å²) in [5.41, 5.74) is 6.30. The standard InChI is InChI=1S/C25H34N8O2/c1-16-9-20(31(3)29-16)14-32-13-19(11-27-32)22-10-23(18-5-7-21(34)8-6-18)33-24(22)12-26-25(30-33)28-17(2)15-35-4/h9-13,17-18,21,34H,5-8,14-15H2,1-4H3,(H,28,30)/t17-,18?,21?/m0/s1. The van der Waals surface area contributed by atoms with Crippen molar-refractivity contribution in [2.75, 3.05) is 19.0 Å². The molecule has 5 rings (SSSR count). The van der Waals surface area contributed by atoms with E-state index in [-0.39, 0.29) is 12.1 Å². The van der Waals surface area contributed by atoms with Gasteiger partial charge in [0.15, 0.2) is 0 Å². The molecule has 1 atom stereocenters. The molecular weight excluding hydrogens is 444 g/mol. The fourth-order valence-electron chi connectivity index (χ4n) is 5.05. The Balaban J connectivity index is 1.50. The lowest BCUT2D eigenvalue weighted by molar-refractivity contribution is 0.121. The minimum Gasteiger partial charge on any atom is -0.393 e. The highest BCUT2D eigenvalue weighted by Gasteiger charge is 2.26. The molecule has 1 aliphatic rings. The van der Waals surface area contributed by atoms with Gasteiger partial charge in [-0.2, -0.15) is 10.2 Å². The van der Waals surface area contributed by atoms with E-state index in [1.807, 2.05) is 47.2 Å². The number of methoxy groups -OCH3 is 1. The smallest absolute Gasteiger partial charge is 0.241 e. The number of nitrogens with zero attached hydrogens (tertiary/aromatic N) is 7. The summed E-state index contributed by atoms with van der Waals surface area (Å²) in [4.78, 5) is 4.60. The molecule has 4 heterocycles. The summed E-state index contributed by atoms with van der Waals surface area (Å²) in [6.45, 7) is 5.26. The number of fused-ring (bicyclic) bond motifs is 1. The number of nitrogens with one attached hydrogen (secondary N) is 1. The van der Waals surface area contributed by atoms with Gasteiger partial charge in [-0.1, -0.05) is 0 Å². The van der Waals surface area contributed by atoms with E-state index < -0.39 is 0 Å². The summed E-state index contributed by atoms with van der Waals surface area (Å²) in [5, 5.41) is 27.3. The van der Waals surface area contributed by atoms with Crippen molar-refractivity contribution in [1.29, 1.82) is 0 Å². The molecule has 10 nitrogen and oxygen atoms in total. The van der Waals surface area contributed by atoms with Crippen molar-refractivity contribution in [3.63, 3.8) is 0 Å². The zero-order valence-corrected chi connectivity index (χ0v) is 20.8. The number of aliphatic hydroxyl groups excluding tert-OH is 1. The van der Waals surface area contributed by atoms with Gasteiger partial charge < -0.3 is 15.2 Å². The molecule has 2 N–H and O–H groups in total. The SMILES string of the molecule is COC[C@H](C)Nc1ncc2c(-c3cnn(Cc4cc(C)nn4C)c3)cc(C3CCC(O)CC3)n2n1. The third kappa shape index (κ3) is 4.94. The summed E-state index contributed by atoms with van der Waals surface area (Å²) < 4.78 is 11.1. The van der Waals surface area contributed by atoms with Gasteiger partial charge in [0.05, 0.1) is 48.6 Å². The topological polar surface area (TPSA) is 107 Å². The average molecular weight is 479 g/mol. The Bertz CT molecular complexity index is 1300. The summed E-state index contributed by atoms with van der Waals surface area (Å²) >= 11 is 0. The first-order chi connectivity index (χ1) is 16.9. The number of aryl methyl sites for hydroxylation is 2. The van der Waals surface area contributed by atoms with Crippen LogP contribution in [0.2, 0.25) is 0 Å². The highest BCUT2D eigenvalue weighted by atomic mass is 16.5. The number of aromatic nitrogens is 7. The van der Waals surface area contributed by atoms with Crippen LogP contribution in [0.4, 0.5) is 5.95 Å². The fraction of sp³-hybridized carbons (Fsp3) is 0.520. The first kappa shape index (κ1) is 23.5. The van der Waals surface area contributed by atoms with E-state index in [9.17, 15) is 5.11 Å². The second kappa shape index (κ2) is 9.79. The molecule has 1 fully saturated rings. The zero-order chi connectivity index (χ0) is 24.5. The summed E-state index contributed by atoms with van der Waals surface area (Å²) in [6.07, 6.45) is 9.17. The molecule has 0 bridgehead atoms. The van der Waals surface area contributed by atoms with Crippen molar-refractivity contribution in [1.82, 2.24) is 34.2 Å². The molecule has 0 spiro atoms. The minimum atomic E-state index is -0.201. The Kier molecular flexibility index (Phi) is 6.57. The van der Waals surface area contributed by atoms with Crippen LogP contribution >= 0.6 is 0 Å². The van der Waals surface area contributed by atoms with E-state index in [1.165, 1.54) is 0 Å². The highest BCUT2D eigenvalue weighted by Crippen LogP contribution is 2.37. The molecule has 4 aromatic heterocycles. The Labute approximate surface area is 204 Å². The fourth-order valence-corrected chi connectivity index (χ4v) is 5.05. The molecule has 0 amide bonds. The van der Waals surface area contributed by atoms with Gasteiger partial charge in [0.2, 0.25) is 5.95 Å². The van der Waals surface area contributed by atoms with Gasteiger partial charge in [0, 0.05) is 49.1 Å². The maximum Gasteiger partial charge on any atom is 0.241 e. The molecule has 0 radical (unpaired) electrons. The van der Waals surface area contributed by atoms with Crippen LogP contribution in [0.25, 0.3) is 16.6 Å². The summed E-state index contributed by atoms with van der Waals surface area (Å²) in [7, 11) is 3.64. The zero-order valence-electron chi connectivity index (χ0n) is 20.8. The normalized spacial score (nSPS) is 19.3. The Hall–Kier alpha value is -3.24. The van der Waals surface area contributed by atoms with E-state index in [1.54, 1.807) is 7.11 Å². The maximum atomic E-state index is 10.0. The number of hydrogen-bond acceptors (Lipinski definition) is 7. The van der Waals surface area contributed by atoms with E-state index in [0.717, 1.165) is 59.4 Å². The number of anilines is 1. The second-order valence-electron chi connectivity index (χ2n) is 9.70. The molecule has 1 saturated carbocycles. The molecule has 0 saturated heterocycles. The predicted octanol–water partition coefficient (Wildman–Crippen LogP) is 3.15. The molecular formula is C25H34N8O2. The van der Waals surface area contributed by atoms with Crippen LogP contribution < -0.4 is 5.32 Å². The molecule has 4 aromatic rings. The number of ether oxygens (including phenoxy) is 1. The van der Waals surface area contributed by atoms with Crippen molar-refractivity contribution in [3.05, 3.63) is 47.8 Å². The number of hydrogen-bond donors (Lipinski definition) is 2. The van der Waals surface area contributed by atoms with Crippen molar-refractivity contribution in [2.24, 2.45) is 7.05 Å². The molecule has 10 heteroatoms. The van der Waals surface area contributed by atoms with Gasteiger partial charge in [-0.25, -0.2) is 9.50 Å². The van der Waals surface area contributed by atoms with Crippen LogP contribution in [-0.4, -0.2) is 65.1 Å². The lowest BCUT2D eigenvalue weighted by Crippen LogP contribution is -2.23. The number of aliphatic hydroxyl groups is 1. The largest absolute Gasteiger partial charge is 0.393 e. The summed E-state index contributed by atoms with van der Waals surface area (Å²) in [6, 6.07) is 4.40. The van der Waals surface area contributed by atoms with E-state index in [2.05, 4.69) is 38.8 Å². The predicted molar refractivity (Wildman–Crippen MR) is 133 cm³/mol. The Morgan fingerprint density at radius 2 is 1.97 bits per heavy atom. The van der Waals surface area contributed by atoms with Crippen LogP contribution in [0.3, 0.4) is 0 Å². The van der Waals surface area contributed by atoms with Gasteiger partial charge >= 0.3 is 0 Å². The maximum absolute atomic E-state index is 10.0. The van der Waals surface area contributed by atoms with Crippen molar-refractivity contribution >= 4 is 11.5 Å². The van der Waals surface area contributed by atoms with Crippen LogP contribution in [0, 0.1) is 6.92 Å². The minimum absolute atomic E-state index is 0.0923. The molecule has 186 valence electrons. The lowest BCUT2D eigenvalue weighted by atomic mass is 9.85. The monoisotopic (exact) mass is 478 g/mol. The van der Waals surface area contributed by atoms with Crippen molar-refractivity contribution in [3.8, 4) is 11.1 Å². The van der Waals surface area contributed by atoms with Crippen molar-refractivity contribution in [2.45, 2.75) is 64.1 Å². The first-order valence-corrected chi connectivity index (χ1v) is 12.3. The summed E-state index contributed by atoms with van der Waals surface area (Å²) in [5.74, 6) is 0.912. The van der Waals surface area contributed by atoms with Gasteiger partial charge in [-0.05, 0) is 51.7 Å². The third-order valence-corrected chi connectivity index (χ3v) is 6.82.